The number of aliphatic carboxylic acids is 1. The molecule has 0 spiro atoms. The summed E-state index contributed by atoms with van der Waals surface area (Å²) in [6.45, 7) is 6.18. The van der Waals surface area contributed by atoms with Crippen LogP contribution in [-0.2, 0) is 9.59 Å². The summed E-state index contributed by atoms with van der Waals surface area (Å²) in [5.74, 6) is 0.0550. The van der Waals surface area contributed by atoms with E-state index >= 15 is 0 Å². The highest BCUT2D eigenvalue weighted by Gasteiger charge is 2.62. The molecule has 0 aromatic heterocycles. The second kappa shape index (κ2) is 5.79. The van der Waals surface area contributed by atoms with Crippen LogP contribution < -0.4 is 0 Å². The van der Waals surface area contributed by atoms with Crippen molar-refractivity contribution in [3.8, 4) is 0 Å². The van der Waals surface area contributed by atoms with Crippen LogP contribution in [0.1, 0.15) is 52.9 Å². The van der Waals surface area contributed by atoms with E-state index in [1.54, 1.807) is 13.0 Å². The molecule has 142 valence electrons. The van der Waals surface area contributed by atoms with E-state index in [1.807, 2.05) is 0 Å². The third-order valence-electron chi connectivity index (χ3n) is 8.69. The lowest BCUT2D eigenvalue weighted by Crippen LogP contribution is -2.56. The maximum absolute atomic E-state index is 11.9. The van der Waals surface area contributed by atoms with Gasteiger partial charge < -0.3 is 10.2 Å². The predicted octanol–water partition coefficient (Wildman–Crippen LogP) is 3.60. The number of ketones is 1. The normalized spacial score (nSPS) is 48.2. The number of aliphatic hydroxyl groups is 1. The van der Waals surface area contributed by atoms with Crippen LogP contribution >= 0.6 is 0 Å². The molecule has 4 heteroatoms. The van der Waals surface area contributed by atoms with Crippen LogP contribution in [-0.4, -0.2) is 28.1 Å². The molecule has 8 atom stereocenters. The Hall–Kier alpha value is -1.42. The summed E-state index contributed by atoms with van der Waals surface area (Å²) in [6, 6.07) is 0. The monoisotopic (exact) mass is 358 g/mol. The smallest absolute Gasteiger partial charge is 0.306 e. The van der Waals surface area contributed by atoms with Crippen molar-refractivity contribution in [2.24, 2.45) is 40.4 Å². The molecular formula is C22H30O4. The molecular weight excluding hydrogens is 328 g/mol. The molecule has 0 aliphatic heterocycles. The van der Waals surface area contributed by atoms with E-state index < -0.39 is 18.0 Å². The molecule has 4 aliphatic carbocycles. The number of aliphatic hydroxyl groups excluding tert-OH is 1. The molecule has 0 radical (unpaired) electrons. The van der Waals surface area contributed by atoms with Crippen molar-refractivity contribution in [2.75, 3.05) is 0 Å². The quantitative estimate of drug-likeness (QED) is 0.791. The van der Waals surface area contributed by atoms with Gasteiger partial charge in [0.2, 0.25) is 0 Å². The minimum absolute atomic E-state index is 0.0204. The summed E-state index contributed by atoms with van der Waals surface area (Å²) in [5, 5.41) is 20.8. The van der Waals surface area contributed by atoms with Gasteiger partial charge in [-0.05, 0) is 66.4 Å². The van der Waals surface area contributed by atoms with Gasteiger partial charge in [0.15, 0.2) is 5.78 Å². The van der Waals surface area contributed by atoms with Crippen LogP contribution in [0.25, 0.3) is 0 Å². The summed E-state index contributed by atoms with van der Waals surface area (Å²) >= 11 is 0. The maximum atomic E-state index is 11.9. The molecule has 26 heavy (non-hydrogen) atoms. The molecule has 0 aromatic rings. The average Bonchev–Trinajstić information content (AvgIpc) is 2.94. The second-order valence-electron chi connectivity index (χ2n) is 9.56. The Morgan fingerprint density at radius 3 is 2.69 bits per heavy atom. The fourth-order valence-electron chi connectivity index (χ4n) is 6.99. The van der Waals surface area contributed by atoms with E-state index in [4.69, 9.17) is 0 Å². The zero-order valence-electron chi connectivity index (χ0n) is 15.9. The first-order valence-corrected chi connectivity index (χ1v) is 10.0. The molecule has 0 amide bonds. The van der Waals surface area contributed by atoms with Gasteiger partial charge in [0.25, 0.3) is 0 Å². The van der Waals surface area contributed by atoms with E-state index in [0.717, 1.165) is 24.8 Å². The lowest BCUT2D eigenvalue weighted by molar-refractivity contribution is -0.152. The van der Waals surface area contributed by atoms with Gasteiger partial charge in [0.05, 0.1) is 12.0 Å². The number of hydrogen-bond acceptors (Lipinski definition) is 3. The topological polar surface area (TPSA) is 74.6 Å². The molecule has 4 rings (SSSR count). The van der Waals surface area contributed by atoms with Gasteiger partial charge in [0, 0.05) is 11.8 Å². The van der Waals surface area contributed by atoms with Crippen LogP contribution in [0.15, 0.2) is 23.8 Å². The van der Waals surface area contributed by atoms with Crippen LogP contribution in [0, 0.1) is 40.4 Å². The number of carboxylic acid groups (broad SMARTS) is 1. The lowest BCUT2D eigenvalue weighted by Gasteiger charge is -2.58. The van der Waals surface area contributed by atoms with Crippen molar-refractivity contribution in [3.63, 3.8) is 0 Å². The van der Waals surface area contributed by atoms with Crippen LogP contribution in [0.4, 0.5) is 0 Å². The molecule has 2 N–H and O–H groups in total. The van der Waals surface area contributed by atoms with Crippen LogP contribution in [0.5, 0.6) is 0 Å². The van der Waals surface area contributed by atoms with Gasteiger partial charge in [0.1, 0.15) is 0 Å². The van der Waals surface area contributed by atoms with Crippen molar-refractivity contribution < 1.29 is 19.8 Å². The maximum Gasteiger partial charge on any atom is 0.306 e. The average molecular weight is 358 g/mol. The molecule has 4 nitrogen and oxygen atoms in total. The van der Waals surface area contributed by atoms with Gasteiger partial charge in [-0.2, -0.15) is 0 Å². The number of carbonyl (C=O) groups is 2. The van der Waals surface area contributed by atoms with Crippen molar-refractivity contribution >= 4 is 11.8 Å². The molecule has 0 aromatic carbocycles. The van der Waals surface area contributed by atoms with Crippen molar-refractivity contribution in [1.82, 2.24) is 0 Å². The fourth-order valence-corrected chi connectivity index (χ4v) is 6.99. The van der Waals surface area contributed by atoms with Crippen molar-refractivity contribution in [3.05, 3.63) is 23.8 Å². The standard InChI is InChI=1S/C22H30O4/c1-12(20(25)26)16-6-7-17-15-5-4-13-10-14(23)8-9-21(13,2)18(15)11-19(24)22(16,17)3/h4-5,10,12,15-19,24H,6-9,11H2,1-3H3,(H,25,26)/t12?,15-,16+,17-,18-,19-,21-,22+/m0/s1. The summed E-state index contributed by atoms with van der Waals surface area (Å²) in [6.07, 6.45) is 9.74. The lowest BCUT2D eigenvalue weighted by atomic mass is 9.47. The molecule has 2 fully saturated rings. The number of allylic oxidation sites excluding steroid dienone is 4. The van der Waals surface area contributed by atoms with Gasteiger partial charge in [-0.15, -0.1) is 0 Å². The summed E-state index contributed by atoms with van der Waals surface area (Å²) < 4.78 is 0. The molecule has 0 saturated heterocycles. The predicted molar refractivity (Wildman–Crippen MR) is 98.3 cm³/mol. The fraction of sp³-hybridized carbons (Fsp3) is 0.727. The summed E-state index contributed by atoms with van der Waals surface area (Å²) in [5.41, 5.74) is 0.733. The highest BCUT2D eigenvalue weighted by atomic mass is 16.4. The number of carboxylic acids is 1. The Kier molecular flexibility index (Phi) is 4.00. The first-order valence-electron chi connectivity index (χ1n) is 10.0. The molecule has 1 unspecified atom stereocenters. The number of rotatable bonds is 2. The van der Waals surface area contributed by atoms with Gasteiger partial charge in [-0.3, -0.25) is 9.59 Å². The Bertz CT molecular complexity index is 707. The largest absolute Gasteiger partial charge is 0.481 e. The highest BCUT2D eigenvalue weighted by molar-refractivity contribution is 5.92. The minimum atomic E-state index is -0.756. The second-order valence-corrected chi connectivity index (χ2v) is 9.56. The number of carbonyl (C=O) groups excluding carboxylic acids is 1. The van der Waals surface area contributed by atoms with E-state index in [1.165, 1.54) is 0 Å². The van der Waals surface area contributed by atoms with Crippen LogP contribution in [0.2, 0.25) is 0 Å². The SMILES string of the molecule is CC(C(=O)O)[C@H]1CC[C@H]2[C@@H]3C=CC4=CC(=O)CC[C@]4(C)[C@H]3C[C@H](O)[C@]12C. The van der Waals surface area contributed by atoms with E-state index in [9.17, 15) is 19.8 Å². The third-order valence-corrected chi connectivity index (χ3v) is 8.69. The number of hydrogen-bond donors (Lipinski definition) is 2. The van der Waals surface area contributed by atoms with E-state index in [-0.39, 0.29) is 22.5 Å². The zero-order chi connectivity index (χ0) is 18.9. The molecule has 0 heterocycles. The van der Waals surface area contributed by atoms with Gasteiger partial charge >= 0.3 is 5.97 Å². The Balaban J connectivity index is 1.73. The minimum Gasteiger partial charge on any atom is -0.481 e. The first kappa shape index (κ1) is 18.0. The Labute approximate surface area is 155 Å². The van der Waals surface area contributed by atoms with Crippen LogP contribution in [0.3, 0.4) is 0 Å². The summed E-state index contributed by atoms with van der Waals surface area (Å²) in [4.78, 5) is 23.5. The molecule has 4 aliphatic rings. The number of fused-ring (bicyclic) bond motifs is 5. The zero-order valence-corrected chi connectivity index (χ0v) is 15.9. The van der Waals surface area contributed by atoms with E-state index in [2.05, 4.69) is 26.0 Å². The van der Waals surface area contributed by atoms with Gasteiger partial charge in [-0.25, -0.2) is 0 Å². The van der Waals surface area contributed by atoms with Gasteiger partial charge in [-0.1, -0.05) is 32.9 Å². The summed E-state index contributed by atoms with van der Waals surface area (Å²) in [7, 11) is 0. The Morgan fingerprint density at radius 1 is 1.27 bits per heavy atom. The van der Waals surface area contributed by atoms with Crippen molar-refractivity contribution in [1.29, 1.82) is 0 Å². The first-order chi connectivity index (χ1) is 12.2. The molecule has 2 saturated carbocycles. The highest BCUT2D eigenvalue weighted by Crippen LogP contribution is 2.66. The Morgan fingerprint density at radius 2 is 2.00 bits per heavy atom. The molecule has 0 bridgehead atoms. The van der Waals surface area contributed by atoms with E-state index in [0.29, 0.717) is 30.6 Å². The third kappa shape index (κ3) is 2.24. The van der Waals surface area contributed by atoms with Crippen molar-refractivity contribution in [2.45, 2.75) is 59.0 Å².